The Labute approximate surface area is 93.2 Å². The molecule has 0 aliphatic rings. The van der Waals surface area contributed by atoms with Crippen molar-refractivity contribution in [3.05, 3.63) is 11.1 Å². The highest BCUT2D eigenvalue weighted by Crippen LogP contribution is 2.15. The molecule has 0 aliphatic heterocycles. The smallest absolute Gasteiger partial charge is 0.267 e. The van der Waals surface area contributed by atoms with Crippen molar-refractivity contribution in [2.45, 2.75) is 30.7 Å². The first-order chi connectivity index (χ1) is 6.71. The summed E-state index contributed by atoms with van der Waals surface area (Å²) in [7, 11) is -3.58. The molecule has 86 valence electrons. The molecule has 1 heterocycles. The van der Waals surface area contributed by atoms with E-state index in [9.17, 15) is 13.5 Å². The Morgan fingerprint density at radius 2 is 2.20 bits per heavy atom. The lowest BCUT2D eigenvalue weighted by Gasteiger charge is -2.16. The van der Waals surface area contributed by atoms with Gasteiger partial charge in [0.15, 0.2) is 0 Å². The number of nitrogens with one attached hydrogen (secondary N) is 1. The van der Waals surface area contributed by atoms with Gasteiger partial charge in [0.1, 0.15) is 0 Å². The minimum absolute atomic E-state index is 0.0317. The van der Waals surface area contributed by atoms with Crippen molar-refractivity contribution in [1.29, 1.82) is 0 Å². The number of rotatable bonds is 4. The van der Waals surface area contributed by atoms with Gasteiger partial charge in [0.05, 0.1) is 5.60 Å². The van der Waals surface area contributed by atoms with Crippen molar-refractivity contribution in [2.24, 2.45) is 0 Å². The standard InChI is InChI=1S/C8H14N2O3S2/c1-6-4-14-7(10-6)15(12,13)9-5-8(2,3)11/h4,9,11H,5H2,1-3H3. The van der Waals surface area contributed by atoms with Crippen LogP contribution in [0.3, 0.4) is 0 Å². The summed E-state index contributed by atoms with van der Waals surface area (Å²) in [5.41, 5.74) is -0.400. The van der Waals surface area contributed by atoms with Crippen LogP contribution in [0.15, 0.2) is 9.72 Å². The van der Waals surface area contributed by atoms with Crippen molar-refractivity contribution in [3.8, 4) is 0 Å². The van der Waals surface area contributed by atoms with Gasteiger partial charge in [0, 0.05) is 17.6 Å². The van der Waals surface area contributed by atoms with Crippen molar-refractivity contribution < 1.29 is 13.5 Å². The number of nitrogens with zero attached hydrogens (tertiary/aromatic N) is 1. The first-order valence-corrected chi connectivity index (χ1v) is 6.71. The SMILES string of the molecule is Cc1csc(S(=O)(=O)NCC(C)(C)O)n1. The van der Waals surface area contributed by atoms with Gasteiger partial charge in [-0.3, -0.25) is 0 Å². The zero-order valence-electron chi connectivity index (χ0n) is 8.81. The average Bonchev–Trinajstić information content (AvgIpc) is 2.48. The van der Waals surface area contributed by atoms with E-state index in [0.29, 0.717) is 5.69 Å². The van der Waals surface area contributed by atoms with Crippen LogP contribution in [0.2, 0.25) is 0 Å². The second-order valence-corrected chi connectivity index (χ2v) is 6.69. The molecular weight excluding hydrogens is 236 g/mol. The van der Waals surface area contributed by atoms with Gasteiger partial charge in [-0.15, -0.1) is 11.3 Å². The molecular formula is C8H14N2O3S2. The Hall–Kier alpha value is -0.500. The van der Waals surface area contributed by atoms with E-state index < -0.39 is 15.6 Å². The van der Waals surface area contributed by atoms with Crippen molar-refractivity contribution in [1.82, 2.24) is 9.71 Å². The fourth-order valence-corrected chi connectivity index (χ4v) is 3.07. The summed E-state index contributed by atoms with van der Waals surface area (Å²) in [5.74, 6) is 0. The summed E-state index contributed by atoms with van der Waals surface area (Å²) in [5, 5.41) is 11.1. The second kappa shape index (κ2) is 4.17. The van der Waals surface area contributed by atoms with Crippen LogP contribution in [0.1, 0.15) is 19.5 Å². The molecule has 0 fully saturated rings. The van der Waals surface area contributed by atoms with E-state index in [1.807, 2.05) is 0 Å². The van der Waals surface area contributed by atoms with Crippen LogP contribution < -0.4 is 4.72 Å². The first kappa shape index (κ1) is 12.6. The van der Waals surface area contributed by atoms with Gasteiger partial charge in [-0.1, -0.05) is 0 Å². The van der Waals surface area contributed by atoms with E-state index in [4.69, 9.17) is 0 Å². The molecule has 0 atom stereocenters. The third kappa shape index (κ3) is 3.86. The molecule has 0 aromatic carbocycles. The van der Waals surface area contributed by atoms with Crippen LogP contribution in [-0.2, 0) is 10.0 Å². The van der Waals surface area contributed by atoms with Crippen LogP contribution in [0.4, 0.5) is 0 Å². The molecule has 1 rings (SSSR count). The molecule has 1 aromatic rings. The molecule has 0 bridgehead atoms. The average molecular weight is 250 g/mol. The molecule has 0 radical (unpaired) electrons. The van der Waals surface area contributed by atoms with Crippen LogP contribution in [0.25, 0.3) is 0 Å². The van der Waals surface area contributed by atoms with Crippen LogP contribution in [0.5, 0.6) is 0 Å². The van der Waals surface area contributed by atoms with E-state index in [2.05, 4.69) is 9.71 Å². The zero-order valence-corrected chi connectivity index (χ0v) is 10.4. The maximum atomic E-state index is 11.6. The van der Waals surface area contributed by atoms with Crippen molar-refractivity contribution in [3.63, 3.8) is 0 Å². The maximum Gasteiger partial charge on any atom is 0.267 e. The Bertz CT molecular complexity index is 431. The fourth-order valence-electron chi connectivity index (χ4n) is 0.789. The number of sulfonamides is 1. The molecule has 0 saturated carbocycles. The van der Waals surface area contributed by atoms with Gasteiger partial charge in [-0.25, -0.2) is 18.1 Å². The fraction of sp³-hybridized carbons (Fsp3) is 0.625. The summed E-state index contributed by atoms with van der Waals surface area (Å²) in [4.78, 5) is 3.87. The molecule has 0 amide bonds. The molecule has 5 nitrogen and oxygen atoms in total. The Balaban J connectivity index is 2.77. The van der Waals surface area contributed by atoms with Crippen molar-refractivity contribution >= 4 is 21.4 Å². The second-order valence-electron chi connectivity index (χ2n) is 3.89. The topological polar surface area (TPSA) is 79.3 Å². The highest BCUT2D eigenvalue weighted by atomic mass is 32.2. The van der Waals surface area contributed by atoms with Crippen molar-refractivity contribution in [2.75, 3.05) is 6.54 Å². The highest BCUT2D eigenvalue weighted by molar-refractivity contribution is 7.91. The molecule has 0 saturated heterocycles. The number of hydrogen-bond acceptors (Lipinski definition) is 5. The molecule has 15 heavy (non-hydrogen) atoms. The quantitative estimate of drug-likeness (QED) is 0.815. The number of thiazole rings is 1. The van der Waals surface area contributed by atoms with Gasteiger partial charge < -0.3 is 5.11 Å². The number of aliphatic hydroxyl groups is 1. The van der Waals surface area contributed by atoms with Gasteiger partial charge >= 0.3 is 0 Å². The minimum atomic E-state index is -3.58. The number of hydrogen-bond donors (Lipinski definition) is 2. The summed E-state index contributed by atoms with van der Waals surface area (Å²) in [6.45, 7) is 4.75. The van der Waals surface area contributed by atoms with Gasteiger partial charge in [0.25, 0.3) is 10.0 Å². The minimum Gasteiger partial charge on any atom is -0.389 e. The van der Waals surface area contributed by atoms with Gasteiger partial charge in [0.2, 0.25) is 4.34 Å². The van der Waals surface area contributed by atoms with E-state index in [1.54, 1.807) is 12.3 Å². The zero-order chi connectivity index (χ0) is 11.7. The Morgan fingerprint density at radius 1 is 1.60 bits per heavy atom. The largest absolute Gasteiger partial charge is 0.389 e. The highest BCUT2D eigenvalue weighted by Gasteiger charge is 2.21. The molecule has 0 spiro atoms. The Kier molecular flexibility index (Phi) is 3.49. The lowest BCUT2D eigenvalue weighted by atomic mass is 10.1. The van der Waals surface area contributed by atoms with E-state index in [0.717, 1.165) is 11.3 Å². The van der Waals surface area contributed by atoms with E-state index in [1.165, 1.54) is 13.8 Å². The first-order valence-electron chi connectivity index (χ1n) is 4.35. The third-order valence-corrected chi connectivity index (χ3v) is 4.30. The summed E-state index contributed by atoms with van der Waals surface area (Å²) >= 11 is 1.06. The Morgan fingerprint density at radius 3 is 2.60 bits per heavy atom. The predicted molar refractivity (Wildman–Crippen MR) is 58.3 cm³/mol. The monoisotopic (exact) mass is 250 g/mol. The van der Waals surface area contributed by atoms with Crippen LogP contribution in [0, 0.1) is 6.92 Å². The van der Waals surface area contributed by atoms with Gasteiger partial charge in [-0.2, -0.15) is 0 Å². The molecule has 1 aromatic heterocycles. The maximum absolute atomic E-state index is 11.6. The molecule has 0 aliphatic carbocycles. The third-order valence-electron chi connectivity index (χ3n) is 1.52. The van der Waals surface area contributed by atoms with Gasteiger partial charge in [-0.05, 0) is 20.8 Å². The summed E-state index contributed by atoms with van der Waals surface area (Å²) < 4.78 is 25.6. The summed E-state index contributed by atoms with van der Waals surface area (Å²) in [6, 6.07) is 0. The molecule has 0 unspecified atom stereocenters. The van der Waals surface area contributed by atoms with Crippen LogP contribution >= 0.6 is 11.3 Å². The molecule has 7 heteroatoms. The van der Waals surface area contributed by atoms with E-state index in [-0.39, 0.29) is 10.9 Å². The molecule has 2 N–H and O–H groups in total. The summed E-state index contributed by atoms with van der Waals surface area (Å²) in [6.07, 6.45) is 0. The predicted octanol–water partition coefficient (Wildman–Crippen LogP) is 0.501. The lowest BCUT2D eigenvalue weighted by molar-refractivity contribution is 0.0857. The normalized spacial score (nSPS) is 13.1. The number of aromatic nitrogens is 1. The lowest BCUT2D eigenvalue weighted by Crippen LogP contribution is -2.38. The van der Waals surface area contributed by atoms with Crippen LogP contribution in [-0.4, -0.2) is 30.7 Å². The van der Waals surface area contributed by atoms with E-state index >= 15 is 0 Å². The number of aryl methyl sites for hydroxylation is 1.